The molecule has 0 saturated heterocycles. The third-order valence-corrected chi connectivity index (χ3v) is 2.47. The highest BCUT2D eigenvalue weighted by Gasteiger charge is 2.26. The topological polar surface area (TPSA) is 61.5 Å². The van der Waals surface area contributed by atoms with Gasteiger partial charge in [-0.05, 0) is 40.5 Å². The Morgan fingerprint density at radius 1 is 1.25 bits per heavy atom. The molecule has 0 fully saturated rings. The molecule has 0 unspecified atom stereocenters. The molecular formula is C12H25NO3. The Hall–Kier alpha value is -0.450. The maximum Gasteiger partial charge on any atom is 0.166 e. The Bertz CT molecular complexity index is 202. The van der Waals surface area contributed by atoms with Crippen molar-refractivity contribution in [2.24, 2.45) is 5.90 Å². The minimum atomic E-state index is -0.853. The fourth-order valence-electron chi connectivity index (χ4n) is 1.25. The second kappa shape index (κ2) is 7.76. The van der Waals surface area contributed by atoms with E-state index in [-0.39, 0.29) is 11.9 Å². The third-order valence-electron chi connectivity index (χ3n) is 2.47. The number of unbranched alkanes of at least 4 members (excludes halogenated alkanes) is 2. The summed E-state index contributed by atoms with van der Waals surface area (Å²) in [4.78, 5) is 16.2. The molecule has 0 aromatic heterocycles. The molecule has 2 N–H and O–H groups in total. The second-order valence-electron chi connectivity index (χ2n) is 4.78. The predicted octanol–water partition coefficient (Wildman–Crippen LogP) is 2.21. The molecule has 0 heterocycles. The molecular weight excluding hydrogens is 206 g/mol. The maximum atomic E-state index is 11.6. The molecule has 16 heavy (non-hydrogen) atoms. The van der Waals surface area contributed by atoms with Gasteiger partial charge in [0.15, 0.2) is 5.78 Å². The summed E-state index contributed by atoms with van der Waals surface area (Å²) in [7, 11) is 0. The van der Waals surface area contributed by atoms with Gasteiger partial charge in [0.05, 0.1) is 6.10 Å². The zero-order valence-corrected chi connectivity index (χ0v) is 10.9. The van der Waals surface area contributed by atoms with Crippen LogP contribution in [0.5, 0.6) is 0 Å². The molecule has 0 aliphatic heterocycles. The average Bonchev–Trinajstić information content (AvgIpc) is 2.22. The molecule has 0 saturated carbocycles. The lowest BCUT2D eigenvalue weighted by molar-refractivity contribution is -0.141. The van der Waals surface area contributed by atoms with E-state index in [1.165, 1.54) is 0 Å². The fraction of sp³-hybridized carbons (Fsp3) is 0.917. The highest BCUT2D eigenvalue weighted by Crippen LogP contribution is 2.13. The van der Waals surface area contributed by atoms with Crippen LogP contribution in [-0.2, 0) is 14.4 Å². The molecule has 0 radical (unpaired) electrons. The van der Waals surface area contributed by atoms with Gasteiger partial charge < -0.3 is 4.74 Å². The predicted molar refractivity (Wildman–Crippen MR) is 63.9 cm³/mol. The van der Waals surface area contributed by atoms with Gasteiger partial charge in [-0.3, -0.25) is 9.63 Å². The first kappa shape index (κ1) is 15.6. The van der Waals surface area contributed by atoms with Crippen LogP contribution in [0.3, 0.4) is 0 Å². The summed E-state index contributed by atoms with van der Waals surface area (Å²) in [5.74, 6) is 5.11. The first-order valence-electron chi connectivity index (χ1n) is 5.93. The molecule has 0 aromatic rings. The van der Waals surface area contributed by atoms with E-state index in [0.29, 0.717) is 6.42 Å². The monoisotopic (exact) mass is 231 g/mol. The molecule has 0 atom stereocenters. The molecule has 0 amide bonds. The summed E-state index contributed by atoms with van der Waals surface area (Å²) in [6, 6.07) is 0. The Balaban J connectivity index is 3.49. The Morgan fingerprint density at radius 3 is 2.38 bits per heavy atom. The summed E-state index contributed by atoms with van der Waals surface area (Å²) < 4.78 is 5.41. The minimum absolute atomic E-state index is 0.0553. The van der Waals surface area contributed by atoms with Crippen LogP contribution in [0.1, 0.15) is 53.4 Å². The zero-order chi connectivity index (χ0) is 12.6. The highest BCUT2D eigenvalue weighted by atomic mass is 16.6. The number of hydrogen-bond acceptors (Lipinski definition) is 4. The van der Waals surface area contributed by atoms with Gasteiger partial charge >= 0.3 is 0 Å². The van der Waals surface area contributed by atoms with Gasteiger partial charge in [0, 0.05) is 13.0 Å². The van der Waals surface area contributed by atoms with Crippen LogP contribution < -0.4 is 5.90 Å². The van der Waals surface area contributed by atoms with Crippen LogP contribution in [0.25, 0.3) is 0 Å². The van der Waals surface area contributed by atoms with Crippen LogP contribution in [0.2, 0.25) is 0 Å². The standard InChI is InChI=1S/C12H25NO3/c1-10(2)15-9-7-5-6-8-11(14)12(3,4)16-13/h10H,5-9,13H2,1-4H3. The highest BCUT2D eigenvalue weighted by molar-refractivity contribution is 5.86. The van der Waals surface area contributed by atoms with Crippen LogP contribution in [0.4, 0.5) is 0 Å². The van der Waals surface area contributed by atoms with Gasteiger partial charge in [-0.15, -0.1) is 0 Å². The Kier molecular flexibility index (Phi) is 7.55. The van der Waals surface area contributed by atoms with Gasteiger partial charge in [-0.25, -0.2) is 5.90 Å². The third kappa shape index (κ3) is 6.93. The fourth-order valence-corrected chi connectivity index (χ4v) is 1.25. The van der Waals surface area contributed by atoms with Crippen molar-refractivity contribution in [3.05, 3.63) is 0 Å². The van der Waals surface area contributed by atoms with Crippen molar-refractivity contribution in [2.45, 2.75) is 65.1 Å². The average molecular weight is 231 g/mol. The molecule has 4 heteroatoms. The van der Waals surface area contributed by atoms with E-state index in [2.05, 4.69) is 4.84 Å². The summed E-state index contributed by atoms with van der Waals surface area (Å²) in [6.07, 6.45) is 3.67. The SMILES string of the molecule is CC(C)OCCCCCC(=O)C(C)(C)ON. The van der Waals surface area contributed by atoms with Crippen molar-refractivity contribution in [1.29, 1.82) is 0 Å². The lowest BCUT2D eigenvalue weighted by Crippen LogP contribution is -2.37. The number of nitrogens with two attached hydrogens (primary N) is 1. The van der Waals surface area contributed by atoms with Gasteiger partial charge in [-0.2, -0.15) is 0 Å². The van der Waals surface area contributed by atoms with Gasteiger partial charge in [0.25, 0.3) is 0 Å². The van der Waals surface area contributed by atoms with Crippen LogP contribution in [-0.4, -0.2) is 24.1 Å². The second-order valence-corrected chi connectivity index (χ2v) is 4.78. The maximum absolute atomic E-state index is 11.6. The van der Waals surface area contributed by atoms with Gasteiger partial charge in [-0.1, -0.05) is 6.42 Å². The van der Waals surface area contributed by atoms with Crippen molar-refractivity contribution in [3.8, 4) is 0 Å². The van der Waals surface area contributed by atoms with E-state index in [9.17, 15) is 4.79 Å². The van der Waals surface area contributed by atoms with Gasteiger partial charge in [0.1, 0.15) is 5.60 Å². The van der Waals surface area contributed by atoms with Crippen LogP contribution in [0.15, 0.2) is 0 Å². The van der Waals surface area contributed by atoms with E-state index in [1.807, 2.05) is 13.8 Å². The quantitative estimate of drug-likeness (QED) is 0.488. The molecule has 0 spiro atoms. The van der Waals surface area contributed by atoms with Crippen molar-refractivity contribution in [3.63, 3.8) is 0 Å². The first-order valence-corrected chi connectivity index (χ1v) is 5.93. The van der Waals surface area contributed by atoms with E-state index in [4.69, 9.17) is 10.6 Å². The summed E-state index contributed by atoms with van der Waals surface area (Å²) in [6.45, 7) is 8.19. The van der Waals surface area contributed by atoms with Crippen molar-refractivity contribution >= 4 is 5.78 Å². The van der Waals surface area contributed by atoms with E-state index in [1.54, 1.807) is 13.8 Å². The number of rotatable bonds is 9. The minimum Gasteiger partial charge on any atom is -0.379 e. The first-order chi connectivity index (χ1) is 7.40. The molecule has 0 bridgehead atoms. The normalized spacial score (nSPS) is 12.1. The molecule has 0 aromatic carbocycles. The van der Waals surface area contributed by atoms with Crippen LogP contribution in [0, 0.1) is 0 Å². The number of ketones is 1. The Labute approximate surface area is 98.4 Å². The summed E-state index contributed by atoms with van der Waals surface area (Å²) in [5, 5.41) is 0. The van der Waals surface area contributed by atoms with E-state index >= 15 is 0 Å². The van der Waals surface area contributed by atoms with Crippen molar-refractivity contribution in [2.75, 3.05) is 6.61 Å². The van der Waals surface area contributed by atoms with Gasteiger partial charge in [0.2, 0.25) is 0 Å². The van der Waals surface area contributed by atoms with Crippen LogP contribution >= 0.6 is 0 Å². The molecule has 0 aliphatic carbocycles. The number of hydrogen-bond donors (Lipinski definition) is 1. The smallest absolute Gasteiger partial charge is 0.166 e. The number of carbonyl (C=O) groups is 1. The van der Waals surface area contributed by atoms with E-state index < -0.39 is 5.60 Å². The Morgan fingerprint density at radius 2 is 1.88 bits per heavy atom. The molecule has 4 nitrogen and oxygen atoms in total. The summed E-state index contributed by atoms with van der Waals surface area (Å²) >= 11 is 0. The largest absolute Gasteiger partial charge is 0.379 e. The number of carbonyl (C=O) groups excluding carboxylic acids is 1. The number of ether oxygens (including phenoxy) is 1. The molecule has 0 aliphatic rings. The van der Waals surface area contributed by atoms with Crippen molar-refractivity contribution < 1.29 is 14.4 Å². The summed E-state index contributed by atoms with van der Waals surface area (Å²) in [5.41, 5.74) is -0.853. The van der Waals surface area contributed by atoms with Crippen molar-refractivity contribution in [1.82, 2.24) is 0 Å². The molecule has 96 valence electrons. The van der Waals surface area contributed by atoms with E-state index in [0.717, 1.165) is 25.9 Å². The lowest BCUT2D eigenvalue weighted by atomic mass is 9.98. The lowest BCUT2D eigenvalue weighted by Gasteiger charge is -2.19. The molecule has 0 rings (SSSR count). The number of Topliss-reactive ketones (excluding diaryl/α,β-unsaturated/α-hetero) is 1. The zero-order valence-electron chi connectivity index (χ0n) is 10.9.